The van der Waals surface area contributed by atoms with Crippen molar-refractivity contribution < 1.29 is 8.73 Å². The summed E-state index contributed by atoms with van der Waals surface area (Å²) in [6.07, 6.45) is 2.47. The van der Waals surface area contributed by atoms with Crippen LogP contribution in [-0.2, 0) is 11.0 Å². The van der Waals surface area contributed by atoms with Crippen molar-refractivity contribution in [2.75, 3.05) is 0 Å². The summed E-state index contributed by atoms with van der Waals surface area (Å²) in [5.41, 5.74) is 1.84. The number of rotatable bonds is 4. The van der Waals surface area contributed by atoms with E-state index in [-0.39, 0.29) is 10.8 Å². The van der Waals surface area contributed by atoms with Gasteiger partial charge in [-0.15, -0.1) is 0 Å². The molecule has 0 aliphatic carbocycles. The highest BCUT2D eigenvalue weighted by Crippen LogP contribution is 2.22. The molecule has 0 spiro atoms. The zero-order valence-corrected chi connectivity index (χ0v) is 11.4. The summed E-state index contributed by atoms with van der Waals surface area (Å²) >= 11 is 0. The fourth-order valence-electron chi connectivity index (χ4n) is 1.31. The first-order valence-electron chi connectivity index (χ1n) is 5.45. The molecule has 1 aromatic heterocycles. The van der Waals surface area contributed by atoms with Crippen molar-refractivity contribution in [1.29, 1.82) is 0 Å². The van der Waals surface area contributed by atoms with Crippen molar-refractivity contribution in [2.45, 2.75) is 51.8 Å². The summed E-state index contributed by atoms with van der Waals surface area (Å²) in [6.45, 7) is 9.78. The zero-order chi connectivity index (χ0) is 12.3. The minimum Gasteiger partial charge on any atom is -0.364 e. The van der Waals surface area contributed by atoms with Gasteiger partial charge >= 0.3 is 0 Å². The minimum absolute atomic E-state index is 0.0336. The van der Waals surface area contributed by atoms with E-state index in [0.29, 0.717) is 0 Å². The van der Waals surface area contributed by atoms with E-state index in [4.69, 9.17) is 4.52 Å². The fraction of sp³-hybridized carbons (Fsp3) is 0.727. The normalized spacial score (nSPS) is 16.1. The van der Waals surface area contributed by atoms with Gasteiger partial charge in [-0.25, -0.2) is 8.93 Å². The molecule has 0 aromatic carbocycles. The minimum atomic E-state index is -1.08. The second-order valence-corrected chi connectivity index (χ2v) is 6.81. The summed E-state index contributed by atoms with van der Waals surface area (Å²) < 4.78 is 19.8. The van der Waals surface area contributed by atoms with Gasteiger partial charge in [0.25, 0.3) is 0 Å². The fourth-order valence-corrected chi connectivity index (χ4v) is 2.21. The van der Waals surface area contributed by atoms with Gasteiger partial charge in [0.2, 0.25) is 0 Å². The van der Waals surface area contributed by atoms with Crippen LogP contribution in [0, 0.1) is 6.92 Å². The molecular formula is C11H20N2O2S. The lowest BCUT2D eigenvalue weighted by Gasteiger charge is -2.22. The molecule has 5 heteroatoms. The van der Waals surface area contributed by atoms with Gasteiger partial charge in [0.15, 0.2) is 0 Å². The lowest BCUT2D eigenvalue weighted by molar-refractivity contribution is 0.413. The van der Waals surface area contributed by atoms with Gasteiger partial charge in [0.1, 0.15) is 6.26 Å². The summed E-state index contributed by atoms with van der Waals surface area (Å²) in [4.78, 5) is 0. The third-order valence-electron chi connectivity index (χ3n) is 2.38. The van der Waals surface area contributed by atoms with Crippen LogP contribution in [0.3, 0.4) is 0 Å². The molecule has 0 radical (unpaired) electrons. The Labute approximate surface area is 99.4 Å². The molecule has 0 saturated carbocycles. The lowest BCUT2D eigenvalue weighted by Crippen LogP contribution is -2.35. The van der Waals surface area contributed by atoms with Gasteiger partial charge < -0.3 is 4.52 Å². The summed E-state index contributed by atoms with van der Waals surface area (Å²) in [6, 6.07) is 0.0336. The maximum atomic E-state index is 12.0. The van der Waals surface area contributed by atoms with E-state index in [2.05, 4.69) is 9.88 Å². The van der Waals surface area contributed by atoms with Crippen LogP contribution in [0.15, 0.2) is 10.8 Å². The highest BCUT2D eigenvalue weighted by Gasteiger charge is 2.24. The molecule has 0 fully saturated rings. The Kier molecular flexibility index (Phi) is 4.27. The van der Waals surface area contributed by atoms with Crippen LogP contribution in [0.5, 0.6) is 0 Å². The van der Waals surface area contributed by atoms with E-state index in [1.165, 1.54) is 0 Å². The Morgan fingerprint density at radius 3 is 2.56 bits per heavy atom. The highest BCUT2D eigenvalue weighted by atomic mass is 32.2. The van der Waals surface area contributed by atoms with E-state index in [0.717, 1.165) is 17.7 Å². The van der Waals surface area contributed by atoms with Gasteiger partial charge in [-0.2, -0.15) is 0 Å². The number of aryl methyl sites for hydroxylation is 1. The molecule has 0 amide bonds. The van der Waals surface area contributed by atoms with E-state index >= 15 is 0 Å². The van der Waals surface area contributed by atoms with Crippen LogP contribution in [-0.4, -0.2) is 14.1 Å². The third kappa shape index (κ3) is 3.15. The van der Waals surface area contributed by atoms with Crippen molar-refractivity contribution >= 4 is 11.0 Å². The van der Waals surface area contributed by atoms with Crippen molar-refractivity contribution in [3.63, 3.8) is 0 Å². The maximum Gasteiger partial charge on any atom is 0.128 e. The molecule has 1 rings (SSSR count). The van der Waals surface area contributed by atoms with Crippen LogP contribution in [0.1, 0.15) is 51.4 Å². The quantitative estimate of drug-likeness (QED) is 0.885. The van der Waals surface area contributed by atoms with Crippen LogP contribution < -0.4 is 4.72 Å². The standard InChI is InChI=1S/C11H20N2O2S/c1-6-10(9-7-15-12-8(9)2)13-16(14)11(3,4)5/h7,10,13H,6H2,1-5H3/t10-,16-/m1/s1. The molecule has 1 N–H and O–H groups in total. The van der Waals surface area contributed by atoms with Crippen molar-refractivity contribution in [2.24, 2.45) is 0 Å². The molecule has 1 aromatic rings. The molecule has 4 nitrogen and oxygen atoms in total. The Morgan fingerprint density at radius 1 is 1.56 bits per heavy atom. The Balaban J connectivity index is 2.78. The first-order valence-corrected chi connectivity index (χ1v) is 6.60. The predicted molar refractivity (Wildman–Crippen MR) is 65.3 cm³/mol. The third-order valence-corrected chi connectivity index (χ3v) is 3.99. The van der Waals surface area contributed by atoms with Gasteiger partial charge in [-0.1, -0.05) is 12.1 Å². The average Bonchev–Trinajstić information content (AvgIpc) is 2.59. The molecule has 0 unspecified atom stereocenters. The zero-order valence-electron chi connectivity index (χ0n) is 10.5. The number of nitrogens with zero attached hydrogens (tertiary/aromatic N) is 1. The first-order chi connectivity index (χ1) is 7.36. The molecule has 0 aliphatic heterocycles. The van der Waals surface area contributed by atoms with Gasteiger partial charge in [0.05, 0.1) is 21.4 Å². The second-order valence-electron chi connectivity index (χ2n) is 4.82. The van der Waals surface area contributed by atoms with E-state index < -0.39 is 11.0 Å². The monoisotopic (exact) mass is 244 g/mol. The number of aromatic nitrogens is 1. The Hall–Kier alpha value is -0.680. The van der Waals surface area contributed by atoms with Crippen LogP contribution >= 0.6 is 0 Å². The Bertz CT molecular complexity index is 368. The molecule has 16 heavy (non-hydrogen) atoms. The van der Waals surface area contributed by atoms with E-state index in [1.54, 1.807) is 6.26 Å². The SMILES string of the molecule is CC[C@@H](N[S@](=O)C(C)(C)C)c1conc1C. The van der Waals surface area contributed by atoms with E-state index in [9.17, 15) is 4.21 Å². The topological polar surface area (TPSA) is 55.1 Å². The lowest BCUT2D eigenvalue weighted by atomic mass is 10.1. The van der Waals surface area contributed by atoms with Gasteiger partial charge in [0, 0.05) is 11.6 Å². The molecule has 0 aliphatic rings. The molecule has 2 atom stereocenters. The summed E-state index contributed by atoms with van der Waals surface area (Å²) in [7, 11) is -1.08. The Morgan fingerprint density at radius 2 is 2.19 bits per heavy atom. The highest BCUT2D eigenvalue weighted by molar-refractivity contribution is 7.84. The maximum absolute atomic E-state index is 12.0. The number of hydrogen-bond acceptors (Lipinski definition) is 3. The van der Waals surface area contributed by atoms with Crippen LogP contribution in [0.2, 0.25) is 0 Å². The van der Waals surface area contributed by atoms with Crippen molar-refractivity contribution in [3.05, 3.63) is 17.5 Å². The van der Waals surface area contributed by atoms with Crippen LogP contribution in [0.4, 0.5) is 0 Å². The molecule has 1 heterocycles. The first kappa shape index (κ1) is 13.4. The van der Waals surface area contributed by atoms with Crippen molar-refractivity contribution in [1.82, 2.24) is 9.88 Å². The smallest absolute Gasteiger partial charge is 0.128 e. The molecule has 0 bridgehead atoms. The second kappa shape index (κ2) is 5.10. The van der Waals surface area contributed by atoms with Crippen LogP contribution in [0.25, 0.3) is 0 Å². The molecule has 92 valence electrons. The van der Waals surface area contributed by atoms with Gasteiger partial charge in [-0.05, 0) is 34.1 Å². The summed E-state index contributed by atoms with van der Waals surface area (Å²) in [5, 5.41) is 3.84. The molecule has 0 saturated heterocycles. The molecular weight excluding hydrogens is 224 g/mol. The average molecular weight is 244 g/mol. The van der Waals surface area contributed by atoms with E-state index in [1.807, 2.05) is 34.6 Å². The van der Waals surface area contributed by atoms with Crippen molar-refractivity contribution in [3.8, 4) is 0 Å². The largest absolute Gasteiger partial charge is 0.364 e. The summed E-state index contributed by atoms with van der Waals surface area (Å²) in [5.74, 6) is 0. The number of nitrogens with one attached hydrogen (secondary N) is 1. The number of hydrogen-bond donors (Lipinski definition) is 1. The predicted octanol–water partition coefficient (Wildman–Crippen LogP) is 2.49. The van der Waals surface area contributed by atoms with Gasteiger partial charge in [-0.3, -0.25) is 0 Å².